The van der Waals surface area contributed by atoms with Gasteiger partial charge in [-0.25, -0.2) is 4.98 Å². The molecule has 1 fully saturated rings. The highest BCUT2D eigenvalue weighted by Gasteiger charge is 2.33. The monoisotopic (exact) mass is 400 g/mol. The molecule has 1 aliphatic rings. The lowest BCUT2D eigenvalue weighted by atomic mass is 10.2. The number of hydrogen-bond donors (Lipinski definition) is 0. The molecule has 7 heteroatoms. The van der Waals surface area contributed by atoms with Gasteiger partial charge >= 0.3 is 0 Å². The minimum atomic E-state index is -0.392. The number of para-hydroxylation sites is 2. The summed E-state index contributed by atoms with van der Waals surface area (Å²) in [6.45, 7) is 0.422. The Hall–Kier alpha value is -2.31. The number of thioether (sulfide) groups is 1. The minimum absolute atomic E-state index is 0.195. The Kier molecular flexibility index (Phi) is 5.18. The van der Waals surface area contributed by atoms with Gasteiger partial charge in [0.25, 0.3) is 11.1 Å². The predicted molar refractivity (Wildman–Crippen MR) is 105 cm³/mol. The van der Waals surface area contributed by atoms with Gasteiger partial charge in [-0.2, -0.15) is 0 Å². The van der Waals surface area contributed by atoms with E-state index >= 15 is 0 Å². The molecule has 2 aromatic carbocycles. The number of oxazole rings is 1. The van der Waals surface area contributed by atoms with E-state index in [9.17, 15) is 9.59 Å². The Bertz CT molecular complexity index is 953. The molecule has 0 spiro atoms. The van der Waals surface area contributed by atoms with E-state index in [1.807, 2.05) is 24.3 Å². The largest absolute Gasteiger partial charge is 0.431 e. The second-order valence-corrected chi connectivity index (χ2v) is 7.94. The first-order valence-corrected chi connectivity index (χ1v) is 10.0. The van der Waals surface area contributed by atoms with Crippen LogP contribution in [0, 0.1) is 0 Å². The number of carbonyl (C=O) groups excluding carboxylic acids is 2. The summed E-state index contributed by atoms with van der Waals surface area (Å²) in [5, 5.41) is 0.616. The van der Waals surface area contributed by atoms with Crippen LogP contribution in [-0.4, -0.2) is 33.5 Å². The van der Waals surface area contributed by atoms with Crippen molar-refractivity contribution in [1.82, 2.24) is 9.88 Å². The van der Waals surface area contributed by atoms with Crippen LogP contribution in [0.15, 0.2) is 58.2 Å². The summed E-state index contributed by atoms with van der Waals surface area (Å²) in [6, 6.07) is 14.1. The zero-order chi connectivity index (χ0) is 18.8. The summed E-state index contributed by atoms with van der Waals surface area (Å²) < 4.78 is 5.73. The fraction of sp³-hybridized carbons (Fsp3) is 0.250. The Morgan fingerprint density at radius 3 is 2.70 bits per heavy atom. The van der Waals surface area contributed by atoms with Crippen LogP contribution in [0.3, 0.4) is 0 Å². The van der Waals surface area contributed by atoms with Crippen LogP contribution in [0.2, 0.25) is 5.02 Å². The van der Waals surface area contributed by atoms with Gasteiger partial charge in [-0.15, -0.1) is 0 Å². The van der Waals surface area contributed by atoms with Gasteiger partial charge in [-0.3, -0.25) is 14.5 Å². The van der Waals surface area contributed by atoms with Crippen molar-refractivity contribution in [1.29, 1.82) is 0 Å². The van der Waals surface area contributed by atoms with E-state index in [0.29, 0.717) is 34.4 Å². The maximum absolute atomic E-state index is 13.0. The molecule has 0 aliphatic carbocycles. The summed E-state index contributed by atoms with van der Waals surface area (Å²) >= 11 is 7.18. The zero-order valence-electron chi connectivity index (χ0n) is 14.4. The summed E-state index contributed by atoms with van der Waals surface area (Å²) in [5.41, 5.74) is 1.91. The van der Waals surface area contributed by atoms with Crippen molar-refractivity contribution in [3.8, 4) is 0 Å². The molecule has 0 bridgehead atoms. The number of hydrogen-bond acceptors (Lipinski definition) is 5. The fourth-order valence-corrected chi connectivity index (χ4v) is 4.26. The third kappa shape index (κ3) is 3.87. The minimum Gasteiger partial charge on any atom is -0.431 e. The maximum Gasteiger partial charge on any atom is 0.260 e. The van der Waals surface area contributed by atoms with Crippen LogP contribution in [-0.2, 0) is 4.79 Å². The third-order valence-electron chi connectivity index (χ3n) is 4.49. The quantitative estimate of drug-likeness (QED) is 0.591. The number of nitrogens with zero attached hydrogens (tertiary/aromatic N) is 2. The molecule has 4 rings (SSSR count). The summed E-state index contributed by atoms with van der Waals surface area (Å²) in [4.78, 5) is 31.6. The average molecular weight is 401 g/mol. The highest BCUT2D eigenvalue weighted by Crippen LogP contribution is 2.32. The van der Waals surface area contributed by atoms with Gasteiger partial charge in [0.15, 0.2) is 5.58 Å². The van der Waals surface area contributed by atoms with Gasteiger partial charge in [0.05, 0.1) is 5.25 Å². The number of likely N-dealkylation sites (tertiary alicyclic amines) is 1. The Balaban J connectivity index is 1.55. The van der Waals surface area contributed by atoms with Crippen molar-refractivity contribution in [3.63, 3.8) is 0 Å². The van der Waals surface area contributed by atoms with Crippen LogP contribution < -0.4 is 0 Å². The number of carbonyl (C=O) groups is 2. The molecule has 138 valence electrons. The second kappa shape index (κ2) is 7.74. The van der Waals surface area contributed by atoms with E-state index in [4.69, 9.17) is 16.0 Å². The molecule has 1 atom stereocenters. The van der Waals surface area contributed by atoms with Crippen molar-refractivity contribution >= 4 is 46.3 Å². The molecule has 0 N–H and O–H groups in total. The van der Waals surface area contributed by atoms with Gasteiger partial charge in [0.2, 0.25) is 5.91 Å². The Morgan fingerprint density at radius 1 is 1.15 bits per heavy atom. The van der Waals surface area contributed by atoms with Crippen LogP contribution in [0.4, 0.5) is 0 Å². The summed E-state index contributed by atoms with van der Waals surface area (Å²) in [5.74, 6) is -0.485. The van der Waals surface area contributed by atoms with Gasteiger partial charge in [0, 0.05) is 17.1 Å². The number of aromatic nitrogens is 1. The summed E-state index contributed by atoms with van der Waals surface area (Å²) in [7, 11) is 0. The molecule has 1 aliphatic heterocycles. The predicted octanol–water partition coefficient (Wildman–Crippen LogP) is 4.79. The highest BCUT2D eigenvalue weighted by atomic mass is 35.5. The van der Waals surface area contributed by atoms with E-state index in [-0.39, 0.29) is 11.8 Å². The molecule has 2 heterocycles. The van der Waals surface area contributed by atoms with E-state index in [2.05, 4.69) is 4.98 Å². The van der Waals surface area contributed by atoms with Crippen LogP contribution in [0.5, 0.6) is 0 Å². The second-order valence-electron chi connectivity index (χ2n) is 6.35. The maximum atomic E-state index is 13.0. The Labute approximate surface area is 165 Å². The van der Waals surface area contributed by atoms with Crippen molar-refractivity contribution in [3.05, 3.63) is 59.1 Å². The highest BCUT2D eigenvalue weighted by molar-refractivity contribution is 8.00. The number of imide groups is 1. The van der Waals surface area contributed by atoms with Crippen molar-refractivity contribution in [2.45, 2.75) is 29.7 Å². The normalized spacial score (nSPS) is 17.9. The van der Waals surface area contributed by atoms with Crippen molar-refractivity contribution < 1.29 is 14.0 Å². The molecule has 3 aromatic rings. The van der Waals surface area contributed by atoms with Crippen LogP contribution >= 0.6 is 23.4 Å². The number of fused-ring (bicyclic) bond motifs is 1. The number of halogens is 1. The van der Waals surface area contributed by atoms with Gasteiger partial charge < -0.3 is 4.42 Å². The molecule has 1 saturated heterocycles. The average Bonchev–Trinajstić information content (AvgIpc) is 3.00. The lowest BCUT2D eigenvalue weighted by Gasteiger charge is -2.21. The Morgan fingerprint density at radius 2 is 1.93 bits per heavy atom. The molecule has 1 unspecified atom stereocenters. The standard InChI is InChI=1S/C20H17ClN2O3S/c21-14-10-8-13(9-11-14)18(24)23-12-4-3-7-17(19(23)25)27-20-22-15-5-1-2-6-16(15)26-20/h1-2,5-6,8-11,17H,3-4,7,12H2. The SMILES string of the molecule is O=C(c1ccc(Cl)cc1)N1CCCCC(Sc2nc3ccccc3o2)C1=O. The first-order valence-electron chi connectivity index (χ1n) is 8.75. The number of amides is 2. The molecule has 1 aromatic heterocycles. The molecular weight excluding hydrogens is 384 g/mol. The van der Waals surface area contributed by atoms with Crippen molar-refractivity contribution in [2.75, 3.05) is 6.54 Å². The van der Waals surface area contributed by atoms with E-state index in [0.717, 1.165) is 18.4 Å². The van der Waals surface area contributed by atoms with Gasteiger partial charge in [-0.1, -0.05) is 41.9 Å². The van der Waals surface area contributed by atoms with Crippen LogP contribution in [0.1, 0.15) is 29.6 Å². The number of benzene rings is 2. The smallest absolute Gasteiger partial charge is 0.260 e. The van der Waals surface area contributed by atoms with E-state index in [1.165, 1.54) is 16.7 Å². The topological polar surface area (TPSA) is 63.4 Å². The van der Waals surface area contributed by atoms with E-state index in [1.54, 1.807) is 24.3 Å². The van der Waals surface area contributed by atoms with Gasteiger partial charge in [-0.05, 0) is 49.2 Å². The van der Waals surface area contributed by atoms with Gasteiger partial charge in [0.1, 0.15) is 5.52 Å². The molecule has 2 amide bonds. The van der Waals surface area contributed by atoms with Crippen molar-refractivity contribution in [2.24, 2.45) is 0 Å². The summed E-state index contributed by atoms with van der Waals surface area (Å²) in [6.07, 6.45) is 2.34. The number of rotatable bonds is 3. The molecule has 5 nitrogen and oxygen atoms in total. The molecule has 27 heavy (non-hydrogen) atoms. The van der Waals surface area contributed by atoms with Crippen LogP contribution in [0.25, 0.3) is 11.1 Å². The van der Waals surface area contributed by atoms with E-state index < -0.39 is 5.25 Å². The first kappa shape index (κ1) is 18.1. The first-order chi connectivity index (χ1) is 13.1. The molecule has 0 radical (unpaired) electrons. The lowest BCUT2D eigenvalue weighted by molar-refractivity contribution is -0.127. The fourth-order valence-electron chi connectivity index (χ4n) is 3.09. The third-order valence-corrected chi connectivity index (χ3v) is 5.84. The molecule has 0 saturated carbocycles. The zero-order valence-corrected chi connectivity index (χ0v) is 16.0. The lowest BCUT2D eigenvalue weighted by Crippen LogP contribution is -2.41. The molecular formula is C20H17ClN2O3S.